The van der Waals surface area contributed by atoms with Gasteiger partial charge in [0.15, 0.2) is 0 Å². The fourth-order valence-corrected chi connectivity index (χ4v) is 2.50. The van der Waals surface area contributed by atoms with E-state index in [4.69, 9.17) is 9.47 Å². The van der Waals surface area contributed by atoms with Gasteiger partial charge < -0.3 is 14.8 Å². The number of nitrogens with one attached hydrogen (secondary N) is 1. The Bertz CT molecular complexity index is 534. The summed E-state index contributed by atoms with van der Waals surface area (Å²) in [4.78, 5) is 17.3. The van der Waals surface area contributed by atoms with Crippen molar-refractivity contribution in [2.75, 3.05) is 18.5 Å². The number of anilines is 1. The summed E-state index contributed by atoms with van der Waals surface area (Å²) in [5.41, 5.74) is 0.638. The normalized spacial score (nSPS) is 13.3. The first-order valence-electron chi connectivity index (χ1n) is 9.52. The molecule has 0 bridgehead atoms. The number of aryl methyl sites for hydroxylation is 1. The van der Waals surface area contributed by atoms with E-state index in [0.717, 1.165) is 44.2 Å². The molecule has 0 saturated heterocycles. The maximum Gasteiger partial charge on any atom is 0.256 e. The Kier molecular flexibility index (Phi) is 9.50. The van der Waals surface area contributed by atoms with E-state index in [-0.39, 0.29) is 5.91 Å². The van der Waals surface area contributed by atoms with E-state index in [1.807, 2.05) is 26.8 Å². The van der Waals surface area contributed by atoms with Crippen molar-refractivity contribution >= 4 is 11.6 Å². The molecular formula is C20H34N2O3. The molecule has 0 radical (unpaired) electrons. The predicted molar refractivity (Wildman–Crippen MR) is 102 cm³/mol. The Morgan fingerprint density at radius 3 is 2.44 bits per heavy atom. The van der Waals surface area contributed by atoms with Crippen molar-refractivity contribution in [1.82, 2.24) is 4.98 Å². The lowest BCUT2D eigenvalue weighted by molar-refractivity contribution is -0.140. The number of rotatable bonds is 12. The number of nitrogens with zero attached hydrogens (tertiary/aromatic N) is 1. The fraction of sp³-hybridized carbons (Fsp3) is 0.700. The van der Waals surface area contributed by atoms with Crippen LogP contribution in [0, 0.1) is 6.92 Å². The highest BCUT2D eigenvalue weighted by atomic mass is 16.5. The number of carbonyl (C=O) groups excluding carboxylic acids is 1. The van der Waals surface area contributed by atoms with Crippen LogP contribution in [0.4, 0.5) is 5.69 Å². The molecule has 0 aromatic carbocycles. The average Bonchev–Trinajstić information content (AvgIpc) is 2.60. The van der Waals surface area contributed by atoms with Crippen LogP contribution >= 0.6 is 0 Å². The van der Waals surface area contributed by atoms with Crippen molar-refractivity contribution < 1.29 is 14.3 Å². The van der Waals surface area contributed by atoms with Crippen molar-refractivity contribution in [3.05, 3.63) is 17.8 Å². The molecule has 1 heterocycles. The lowest BCUT2D eigenvalue weighted by Crippen LogP contribution is -2.43. The minimum atomic E-state index is -0.811. The van der Waals surface area contributed by atoms with Crippen LogP contribution < -0.4 is 10.1 Å². The zero-order valence-corrected chi connectivity index (χ0v) is 16.5. The summed E-state index contributed by atoms with van der Waals surface area (Å²) >= 11 is 0. The van der Waals surface area contributed by atoms with Crippen LogP contribution in [0.2, 0.25) is 0 Å². The molecule has 25 heavy (non-hydrogen) atoms. The summed E-state index contributed by atoms with van der Waals surface area (Å²) in [5, 5.41) is 2.99. The molecule has 0 spiro atoms. The van der Waals surface area contributed by atoms with Gasteiger partial charge >= 0.3 is 0 Å². The number of pyridine rings is 1. The van der Waals surface area contributed by atoms with Crippen LogP contribution in [-0.2, 0) is 9.53 Å². The van der Waals surface area contributed by atoms with Crippen LogP contribution in [-0.4, -0.2) is 29.7 Å². The third kappa shape index (κ3) is 7.02. The average molecular weight is 351 g/mol. The number of aromatic nitrogens is 1. The standard InChI is InChI=1S/C20H34N2O3/c1-6-9-10-13-20(5,25-15-8-3)19(23)22-17-11-12-18(21-16(17)4)24-14-7-2/h11-12H,6-10,13-15H2,1-5H3,(H,22,23). The number of carbonyl (C=O) groups is 1. The van der Waals surface area contributed by atoms with Crippen molar-refractivity contribution in [2.45, 2.75) is 78.7 Å². The van der Waals surface area contributed by atoms with Gasteiger partial charge in [-0.1, -0.05) is 40.0 Å². The highest BCUT2D eigenvalue weighted by Crippen LogP contribution is 2.24. The number of ether oxygens (including phenoxy) is 2. The lowest BCUT2D eigenvalue weighted by Gasteiger charge is -2.29. The lowest BCUT2D eigenvalue weighted by atomic mass is 9.96. The summed E-state index contributed by atoms with van der Waals surface area (Å²) in [7, 11) is 0. The maximum absolute atomic E-state index is 12.8. The van der Waals surface area contributed by atoms with E-state index in [2.05, 4.69) is 24.1 Å². The molecule has 5 heteroatoms. The van der Waals surface area contributed by atoms with E-state index in [9.17, 15) is 4.79 Å². The molecule has 1 N–H and O–H groups in total. The van der Waals surface area contributed by atoms with Gasteiger partial charge in [0.05, 0.1) is 18.0 Å². The van der Waals surface area contributed by atoms with E-state index in [1.54, 1.807) is 6.07 Å². The van der Waals surface area contributed by atoms with Crippen LogP contribution in [0.3, 0.4) is 0 Å². The van der Waals surface area contributed by atoms with E-state index < -0.39 is 5.60 Å². The maximum atomic E-state index is 12.8. The van der Waals surface area contributed by atoms with Gasteiger partial charge in [0.2, 0.25) is 5.88 Å². The molecule has 1 rings (SSSR count). The molecular weight excluding hydrogens is 316 g/mol. The Morgan fingerprint density at radius 1 is 1.12 bits per heavy atom. The largest absolute Gasteiger partial charge is 0.478 e. The Balaban J connectivity index is 2.80. The second-order valence-corrected chi connectivity index (χ2v) is 6.62. The van der Waals surface area contributed by atoms with Gasteiger partial charge in [-0.3, -0.25) is 4.79 Å². The molecule has 1 aromatic heterocycles. The minimum Gasteiger partial charge on any atom is -0.478 e. The van der Waals surface area contributed by atoms with Crippen molar-refractivity contribution in [3.63, 3.8) is 0 Å². The molecule has 0 aliphatic rings. The monoisotopic (exact) mass is 350 g/mol. The predicted octanol–water partition coefficient (Wildman–Crippen LogP) is 4.88. The molecule has 1 unspecified atom stereocenters. The van der Waals surface area contributed by atoms with Gasteiger partial charge in [-0.15, -0.1) is 0 Å². The van der Waals surface area contributed by atoms with Crippen LogP contribution in [0.15, 0.2) is 12.1 Å². The van der Waals surface area contributed by atoms with Gasteiger partial charge in [-0.05, 0) is 39.2 Å². The van der Waals surface area contributed by atoms with Crippen LogP contribution in [0.25, 0.3) is 0 Å². The highest BCUT2D eigenvalue weighted by Gasteiger charge is 2.33. The molecule has 142 valence electrons. The van der Waals surface area contributed by atoms with Gasteiger partial charge in [0.1, 0.15) is 5.60 Å². The number of amides is 1. The Hall–Kier alpha value is -1.62. The summed E-state index contributed by atoms with van der Waals surface area (Å²) in [6.07, 6.45) is 5.74. The minimum absolute atomic E-state index is 0.107. The molecule has 1 amide bonds. The number of hydrogen-bond acceptors (Lipinski definition) is 4. The summed E-state index contributed by atoms with van der Waals surface area (Å²) in [6.45, 7) is 11.2. The summed E-state index contributed by atoms with van der Waals surface area (Å²) in [6, 6.07) is 3.64. The van der Waals surface area contributed by atoms with E-state index >= 15 is 0 Å². The Morgan fingerprint density at radius 2 is 1.84 bits per heavy atom. The quantitative estimate of drug-likeness (QED) is 0.546. The SMILES string of the molecule is CCCCCC(C)(OCCC)C(=O)Nc1ccc(OCCC)nc1C. The first-order chi connectivity index (χ1) is 12.0. The highest BCUT2D eigenvalue weighted by molar-refractivity contribution is 5.97. The Labute approximate surface area is 152 Å². The molecule has 0 aliphatic heterocycles. The third-order valence-corrected chi connectivity index (χ3v) is 4.12. The molecule has 1 atom stereocenters. The zero-order valence-electron chi connectivity index (χ0n) is 16.5. The molecule has 5 nitrogen and oxygen atoms in total. The first-order valence-corrected chi connectivity index (χ1v) is 9.52. The topological polar surface area (TPSA) is 60.5 Å². The molecule has 0 saturated carbocycles. The van der Waals surface area contributed by atoms with Crippen LogP contribution in [0.1, 0.15) is 71.9 Å². The smallest absolute Gasteiger partial charge is 0.256 e. The van der Waals surface area contributed by atoms with Crippen LogP contribution in [0.5, 0.6) is 5.88 Å². The van der Waals surface area contributed by atoms with E-state index in [1.165, 1.54) is 0 Å². The van der Waals surface area contributed by atoms with Gasteiger partial charge in [0.25, 0.3) is 5.91 Å². The third-order valence-electron chi connectivity index (χ3n) is 4.12. The second kappa shape index (κ2) is 11.1. The van der Waals surface area contributed by atoms with E-state index in [0.29, 0.717) is 24.8 Å². The second-order valence-electron chi connectivity index (χ2n) is 6.62. The summed E-state index contributed by atoms with van der Waals surface area (Å²) < 4.78 is 11.5. The van der Waals surface area contributed by atoms with Crippen molar-refractivity contribution in [3.8, 4) is 5.88 Å². The van der Waals surface area contributed by atoms with Crippen molar-refractivity contribution in [2.24, 2.45) is 0 Å². The summed E-state index contributed by atoms with van der Waals surface area (Å²) in [5.74, 6) is 0.481. The number of unbranched alkanes of at least 4 members (excludes halogenated alkanes) is 2. The van der Waals surface area contributed by atoms with Gasteiger partial charge in [-0.25, -0.2) is 4.98 Å². The molecule has 0 aliphatic carbocycles. The zero-order chi connectivity index (χ0) is 18.7. The fourth-order valence-electron chi connectivity index (χ4n) is 2.50. The van der Waals surface area contributed by atoms with Crippen molar-refractivity contribution in [1.29, 1.82) is 0 Å². The van der Waals surface area contributed by atoms with Gasteiger partial charge in [0, 0.05) is 12.7 Å². The number of hydrogen-bond donors (Lipinski definition) is 1. The van der Waals surface area contributed by atoms with Gasteiger partial charge in [-0.2, -0.15) is 0 Å². The molecule has 1 aromatic rings. The molecule has 0 fully saturated rings. The first kappa shape index (κ1) is 21.4.